The summed E-state index contributed by atoms with van der Waals surface area (Å²) in [6, 6.07) is 10.7. The number of halogens is 1. The lowest BCUT2D eigenvalue weighted by Crippen LogP contribution is -2.28. The maximum atomic E-state index is 13.0. The first kappa shape index (κ1) is 24.7. The molecule has 3 rings (SSSR count). The molecule has 0 saturated carbocycles. The number of ether oxygens (including phenoxy) is 3. The number of thioether (sulfide) groups is 1. The molecule has 1 N–H and O–H groups in total. The summed E-state index contributed by atoms with van der Waals surface area (Å²) in [5.74, 6) is 0.175. The number of nitrogens with zero attached hydrogens (tertiary/aromatic N) is 2. The highest BCUT2D eigenvalue weighted by atomic mass is 79.9. The fourth-order valence-electron chi connectivity index (χ4n) is 3.00. The SMILES string of the molecule is CCOc1cc(/C=C2/SC(=Nc3ccc(OC)cc3)N(CC)C2=O)cc(Br)c1OCC(=O)O. The summed E-state index contributed by atoms with van der Waals surface area (Å²) in [7, 11) is 1.60. The van der Waals surface area contributed by atoms with Gasteiger partial charge in [0.05, 0.1) is 28.8 Å². The molecule has 0 bridgehead atoms. The molecular weight excluding hydrogens is 512 g/mol. The van der Waals surface area contributed by atoms with Crippen molar-refractivity contribution in [3.8, 4) is 17.2 Å². The molecule has 0 aliphatic carbocycles. The van der Waals surface area contributed by atoms with Crippen LogP contribution < -0.4 is 14.2 Å². The number of rotatable bonds is 9. The number of hydrogen-bond donors (Lipinski definition) is 1. The monoisotopic (exact) mass is 534 g/mol. The van der Waals surface area contributed by atoms with Gasteiger partial charge in [-0.3, -0.25) is 9.69 Å². The standard InChI is InChI=1S/C23H23BrN2O6S/c1-4-26-22(29)19(33-23(26)25-15-6-8-16(30-3)9-7-15)12-14-10-17(24)21(32-13-20(27)28)18(11-14)31-5-2/h6-12H,4-5,13H2,1-3H3,(H,27,28)/b19-12+,25-23?. The average molecular weight is 535 g/mol. The van der Waals surface area contributed by atoms with Crippen LogP contribution in [-0.4, -0.2) is 53.9 Å². The van der Waals surface area contributed by atoms with Crippen molar-refractivity contribution in [2.45, 2.75) is 13.8 Å². The van der Waals surface area contributed by atoms with Gasteiger partial charge in [-0.2, -0.15) is 0 Å². The third kappa shape index (κ3) is 6.08. The molecule has 8 nitrogen and oxygen atoms in total. The number of carbonyl (C=O) groups is 2. The lowest BCUT2D eigenvalue weighted by molar-refractivity contribution is -0.139. The molecule has 1 amide bonds. The van der Waals surface area contributed by atoms with Crippen molar-refractivity contribution >= 4 is 56.5 Å². The molecule has 2 aromatic carbocycles. The second-order valence-corrected chi connectivity index (χ2v) is 8.56. The molecule has 0 unspecified atom stereocenters. The van der Waals surface area contributed by atoms with Crippen LogP contribution in [0.3, 0.4) is 0 Å². The second-order valence-electron chi connectivity index (χ2n) is 6.70. The number of aliphatic carboxylic acids is 1. The van der Waals surface area contributed by atoms with E-state index in [1.54, 1.807) is 30.2 Å². The fourth-order valence-corrected chi connectivity index (χ4v) is 4.63. The van der Waals surface area contributed by atoms with E-state index in [-0.39, 0.29) is 5.91 Å². The third-order valence-electron chi connectivity index (χ3n) is 4.47. The van der Waals surface area contributed by atoms with Gasteiger partial charge >= 0.3 is 5.97 Å². The number of carboxylic acid groups (broad SMARTS) is 1. The fraction of sp³-hybridized carbons (Fsp3) is 0.261. The molecule has 0 spiro atoms. The van der Waals surface area contributed by atoms with Gasteiger partial charge in [0, 0.05) is 6.54 Å². The zero-order chi connectivity index (χ0) is 24.0. The number of hydrogen-bond acceptors (Lipinski definition) is 7. The minimum atomic E-state index is -1.09. The van der Waals surface area contributed by atoms with Gasteiger partial charge in [-0.1, -0.05) is 0 Å². The largest absolute Gasteiger partial charge is 0.497 e. The van der Waals surface area contributed by atoms with Gasteiger partial charge in [-0.25, -0.2) is 9.79 Å². The van der Waals surface area contributed by atoms with E-state index in [2.05, 4.69) is 20.9 Å². The van der Waals surface area contributed by atoms with Gasteiger partial charge in [0.1, 0.15) is 5.75 Å². The van der Waals surface area contributed by atoms with Crippen molar-refractivity contribution in [3.63, 3.8) is 0 Å². The summed E-state index contributed by atoms with van der Waals surface area (Å²) in [4.78, 5) is 30.6. The second kappa shape index (κ2) is 11.2. The molecule has 33 heavy (non-hydrogen) atoms. The van der Waals surface area contributed by atoms with E-state index in [0.717, 1.165) is 5.75 Å². The lowest BCUT2D eigenvalue weighted by atomic mass is 10.2. The molecule has 1 aliphatic rings. The van der Waals surface area contributed by atoms with Crippen molar-refractivity contribution < 1.29 is 28.9 Å². The molecule has 1 fully saturated rings. The van der Waals surface area contributed by atoms with Crippen LogP contribution in [0.4, 0.5) is 5.69 Å². The molecule has 0 atom stereocenters. The van der Waals surface area contributed by atoms with Crippen LogP contribution in [-0.2, 0) is 9.59 Å². The molecule has 1 aliphatic heterocycles. The summed E-state index contributed by atoms with van der Waals surface area (Å²) >= 11 is 4.70. The van der Waals surface area contributed by atoms with Crippen LogP contribution in [0, 0.1) is 0 Å². The Balaban J connectivity index is 1.92. The Kier molecular flexibility index (Phi) is 8.40. The summed E-state index contributed by atoms with van der Waals surface area (Å²) in [5.41, 5.74) is 1.41. The molecule has 1 heterocycles. The summed E-state index contributed by atoms with van der Waals surface area (Å²) in [6.07, 6.45) is 1.75. The molecule has 2 aromatic rings. The first-order chi connectivity index (χ1) is 15.9. The quantitative estimate of drug-likeness (QED) is 0.454. The predicted octanol–water partition coefficient (Wildman–Crippen LogP) is 4.94. The highest BCUT2D eigenvalue weighted by Gasteiger charge is 2.32. The topological polar surface area (TPSA) is 97.7 Å². The van der Waals surface area contributed by atoms with Crippen LogP contribution in [0.25, 0.3) is 6.08 Å². The number of carboxylic acids is 1. The summed E-state index contributed by atoms with van der Waals surface area (Å²) < 4.78 is 16.7. The van der Waals surface area contributed by atoms with Crippen molar-refractivity contribution in [1.82, 2.24) is 4.90 Å². The Bertz CT molecular complexity index is 1100. The molecule has 0 radical (unpaired) electrons. The molecule has 0 aromatic heterocycles. The Labute approximate surface area is 204 Å². The Morgan fingerprint density at radius 1 is 1.21 bits per heavy atom. The normalized spacial score (nSPS) is 15.9. The van der Waals surface area contributed by atoms with Crippen LogP contribution in [0.5, 0.6) is 17.2 Å². The first-order valence-electron chi connectivity index (χ1n) is 10.1. The Hall–Kier alpha value is -2.98. The van der Waals surface area contributed by atoms with E-state index in [9.17, 15) is 9.59 Å². The summed E-state index contributed by atoms with van der Waals surface area (Å²) in [6.45, 7) is 4.06. The van der Waals surface area contributed by atoms with Crippen LogP contribution >= 0.6 is 27.7 Å². The van der Waals surface area contributed by atoms with E-state index in [4.69, 9.17) is 19.3 Å². The zero-order valence-corrected chi connectivity index (χ0v) is 20.7. The van der Waals surface area contributed by atoms with E-state index < -0.39 is 12.6 Å². The summed E-state index contributed by atoms with van der Waals surface area (Å²) in [5, 5.41) is 9.50. The number of methoxy groups -OCH3 is 1. The number of likely N-dealkylation sites (N-methyl/N-ethyl adjacent to an activating group) is 1. The number of amides is 1. The maximum absolute atomic E-state index is 13.0. The van der Waals surface area contributed by atoms with Gasteiger partial charge in [-0.05, 0) is 89.6 Å². The van der Waals surface area contributed by atoms with Gasteiger partial charge in [-0.15, -0.1) is 0 Å². The van der Waals surface area contributed by atoms with Gasteiger partial charge in [0.2, 0.25) is 0 Å². The van der Waals surface area contributed by atoms with E-state index in [0.29, 0.717) is 50.4 Å². The zero-order valence-electron chi connectivity index (χ0n) is 18.3. The minimum Gasteiger partial charge on any atom is -0.497 e. The Morgan fingerprint density at radius 3 is 2.55 bits per heavy atom. The minimum absolute atomic E-state index is 0.143. The van der Waals surface area contributed by atoms with E-state index >= 15 is 0 Å². The molecule has 174 valence electrons. The van der Waals surface area contributed by atoms with Crippen LogP contribution in [0.15, 0.2) is 50.8 Å². The smallest absolute Gasteiger partial charge is 0.341 e. The number of carbonyl (C=O) groups excluding carboxylic acids is 1. The number of benzene rings is 2. The highest BCUT2D eigenvalue weighted by molar-refractivity contribution is 9.10. The van der Waals surface area contributed by atoms with Crippen LogP contribution in [0.2, 0.25) is 0 Å². The van der Waals surface area contributed by atoms with Crippen molar-refractivity contribution in [3.05, 3.63) is 51.3 Å². The van der Waals surface area contributed by atoms with E-state index in [1.807, 2.05) is 38.1 Å². The average Bonchev–Trinajstić information content (AvgIpc) is 3.07. The Morgan fingerprint density at radius 2 is 1.94 bits per heavy atom. The first-order valence-corrected chi connectivity index (χ1v) is 11.7. The van der Waals surface area contributed by atoms with Crippen molar-refractivity contribution in [1.29, 1.82) is 0 Å². The van der Waals surface area contributed by atoms with Gasteiger partial charge in [0.25, 0.3) is 5.91 Å². The van der Waals surface area contributed by atoms with Crippen molar-refractivity contribution in [2.24, 2.45) is 4.99 Å². The highest BCUT2D eigenvalue weighted by Crippen LogP contribution is 2.39. The van der Waals surface area contributed by atoms with Crippen LogP contribution in [0.1, 0.15) is 19.4 Å². The molecule has 10 heteroatoms. The van der Waals surface area contributed by atoms with Crippen molar-refractivity contribution in [2.75, 3.05) is 26.9 Å². The predicted molar refractivity (Wildman–Crippen MR) is 131 cm³/mol. The van der Waals surface area contributed by atoms with Gasteiger partial charge in [0.15, 0.2) is 23.3 Å². The van der Waals surface area contributed by atoms with Gasteiger partial charge < -0.3 is 19.3 Å². The van der Waals surface area contributed by atoms with E-state index in [1.165, 1.54) is 11.8 Å². The molecular formula is C23H23BrN2O6S. The molecule has 1 saturated heterocycles. The lowest BCUT2D eigenvalue weighted by Gasteiger charge is -2.14. The maximum Gasteiger partial charge on any atom is 0.341 e. The third-order valence-corrected chi connectivity index (χ3v) is 6.07. The number of aliphatic imine (C=N–C) groups is 1. The number of amidine groups is 1.